The van der Waals surface area contributed by atoms with Crippen LogP contribution in [-0.4, -0.2) is 18.4 Å². The van der Waals surface area contributed by atoms with Crippen LogP contribution in [0.25, 0.3) is 0 Å². The summed E-state index contributed by atoms with van der Waals surface area (Å²) in [7, 11) is 0. The Labute approximate surface area is 104 Å². The van der Waals surface area contributed by atoms with Crippen LogP contribution in [-0.2, 0) is 4.79 Å². The molecule has 98 valence electrons. The third kappa shape index (κ3) is 4.40. The number of nitrogens with two attached hydrogens (primary N) is 2. The summed E-state index contributed by atoms with van der Waals surface area (Å²) in [6.07, 6.45) is 0.829. The van der Waals surface area contributed by atoms with Crippen molar-refractivity contribution in [2.45, 2.75) is 12.8 Å². The SMILES string of the molecule is NNC(=O)CCCOc1cccc(C(=O)NN)c1. The van der Waals surface area contributed by atoms with Gasteiger partial charge in [-0.2, -0.15) is 0 Å². The lowest BCUT2D eigenvalue weighted by atomic mass is 10.2. The average Bonchev–Trinajstić information content (AvgIpc) is 2.42. The van der Waals surface area contributed by atoms with Crippen molar-refractivity contribution in [1.82, 2.24) is 10.9 Å². The molecular weight excluding hydrogens is 236 g/mol. The van der Waals surface area contributed by atoms with Crippen LogP contribution in [0.2, 0.25) is 0 Å². The van der Waals surface area contributed by atoms with Crippen LogP contribution in [0.5, 0.6) is 5.75 Å². The Morgan fingerprint density at radius 1 is 1.22 bits per heavy atom. The summed E-state index contributed by atoms with van der Waals surface area (Å²) in [4.78, 5) is 22.1. The van der Waals surface area contributed by atoms with Crippen LogP contribution < -0.4 is 27.3 Å². The summed E-state index contributed by atoms with van der Waals surface area (Å²) in [5.74, 6) is 9.88. The van der Waals surface area contributed by atoms with E-state index in [1.807, 2.05) is 10.9 Å². The molecular formula is C11H16N4O3. The Bertz CT molecular complexity index is 423. The van der Waals surface area contributed by atoms with Crippen LogP contribution in [0, 0.1) is 0 Å². The van der Waals surface area contributed by atoms with Crippen LogP contribution in [0.15, 0.2) is 24.3 Å². The quantitative estimate of drug-likeness (QED) is 0.234. The highest BCUT2D eigenvalue weighted by Gasteiger charge is 2.04. The van der Waals surface area contributed by atoms with Crippen molar-refractivity contribution in [2.24, 2.45) is 11.7 Å². The standard InChI is InChI=1S/C11H16N4O3/c12-14-10(16)5-2-6-18-9-4-1-3-8(7-9)11(17)15-13/h1,3-4,7H,2,5-6,12-13H2,(H,14,16)(H,15,17). The molecule has 0 heterocycles. The minimum absolute atomic E-state index is 0.241. The Balaban J connectivity index is 2.43. The van der Waals surface area contributed by atoms with Crippen molar-refractivity contribution in [2.75, 3.05) is 6.61 Å². The minimum atomic E-state index is -0.386. The first-order chi connectivity index (χ1) is 8.67. The van der Waals surface area contributed by atoms with Gasteiger partial charge in [0.25, 0.3) is 5.91 Å². The third-order valence-electron chi connectivity index (χ3n) is 2.21. The smallest absolute Gasteiger partial charge is 0.265 e. The van der Waals surface area contributed by atoms with E-state index in [2.05, 4.69) is 0 Å². The van der Waals surface area contributed by atoms with Gasteiger partial charge in [-0.25, -0.2) is 11.7 Å². The number of carbonyl (C=O) groups excluding carboxylic acids is 2. The van der Waals surface area contributed by atoms with E-state index in [4.69, 9.17) is 16.4 Å². The molecule has 1 aromatic carbocycles. The fraction of sp³-hybridized carbons (Fsp3) is 0.273. The molecule has 18 heavy (non-hydrogen) atoms. The molecule has 0 unspecified atom stereocenters. The monoisotopic (exact) mass is 252 g/mol. The summed E-state index contributed by atoms with van der Waals surface area (Å²) >= 11 is 0. The van der Waals surface area contributed by atoms with Crippen molar-refractivity contribution in [3.05, 3.63) is 29.8 Å². The molecule has 0 bridgehead atoms. The van der Waals surface area contributed by atoms with E-state index in [1.165, 1.54) is 0 Å². The lowest BCUT2D eigenvalue weighted by Gasteiger charge is -2.07. The Hall–Kier alpha value is -2.12. The summed E-state index contributed by atoms with van der Waals surface area (Å²) in [6, 6.07) is 6.60. The number of hydrazine groups is 2. The Morgan fingerprint density at radius 2 is 2.00 bits per heavy atom. The van der Waals surface area contributed by atoms with Gasteiger partial charge in [-0.3, -0.25) is 20.4 Å². The molecule has 0 saturated carbocycles. The molecule has 0 aliphatic rings. The number of carbonyl (C=O) groups is 2. The number of ether oxygens (including phenoxy) is 1. The lowest BCUT2D eigenvalue weighted by molar-refractivity contribution is -0.121. The fourth-order valence-electron chi connectivity index (χ4n) is 1.31. The summed E-state index contributed by atoms with van der Waals surface area (Å²) in [6.45, 7) is 0.362. The molecule has 7 heteroatoms. The van der Waals surface area contributed by atoms with E-state index in [0.717, 1.165) is 0 Å². The predicted octanol–water partition coefficient (Wildman–Crippen LogP) is -0.561. The second-order valence-electron chi connectivity index (χ2n) is 3.52. The molecule has 6 N–H and O–H groups in total. The third-order valence-corrected chi connectivity index (χ3v) is 2.21. The van der Waals surface area contributed by atoms with Crippen LogP contribution in [0.4, 0.5) is 0 Å². The van der Waals surface area contributed by atoms with E-state index < -0.39 is 0 Å². The molecule has 1 aromatic rings. The van der Waals surface area contributed by atoms with Gasteiger partial charge in [0.1, 0.15) is 5.75 Å². The van der Waals surface area contributed by atoms with Crippen LogP contribution >= 0.6 is 0 Å². The van der Waals surface area contributed by atoms with Crippen molar-refractivity contribution < 1.29 is 14.3 Å². The van der Waals surface area contributed by atoms with Gasteiger partial charge >= 0.3 is 0 Å². The molecule has 0 fully saturated rings. The average molecular weight is 252 g/mol. The van der Waals surface area contributed by atoms with Gasteiger partial charge in [0, 0.05) is 12.0 Å². The highest BCUT2D eigenvalue weighted by Crippen LogP contribution is 2.13. The second-order valence-corrected chi connectivity index (χ2v) is 3.52. The van der Waals surface area contributed by atoms with Crippen LogP contribution in [0.3, 0.4) is 0 Å². The summed E-state index contributed by atoms with van der Waals surface area (Å²) in [5.41, 5.74) is 4.48. The first kappa shape index (κ1) is 13.9. The van der Waals surface area contributed by atoms with Gasteiger partial charge in [0.2, 0.25) is 5.91 Å². The molecule has 0 spiro atoms. The lowest BCUT2D eigenvalue weighted by Crippen LogP contribution is -2.30. The van der Waals surface area contributed by atoms with Gasteiger partial charge in [0.05, 0.1) is 6.61 Å². The zero-order valence-electron chi connectivity index (χ0n) is 9.81. The van der Waals surface area contributed by atoms with Gasteiger partial charge in [-0.05, 0) is 24.6 Å². The number of hydrogen-bond donors (Lipinski definition) is 4. The number of amides is 2. The number of hydrogen-bond acceptors (Lipinski definition) is 5. The highest BCUT2D eigenvalue weighted by atomic mass is 16.5. The number of benzene rings is 1. The largest absolute Gasteiger partial charge is 0.494 e. The van der Waals surface area contributed by atoms with Crippen LogP contribution in [0.1, 0.15) is 23.2 Å². The zero-order chi connectivity index (χ0) is 13.4. The molecule has 1 rings (SSSR count). The van der Waals surface area contributed by atoms with Gasteiger partial charge in [-0.1, -0.05) is 6.07 Å². The number of nitrogen functional groups attached to an aromatic ring is 1. The molecule has 0 aromatic heterocycles. The van der Waals surface area contributed by atoms with E-state index >= 15 is 0 Å². The van der Waals surface area contributed by atoms with E-state index in [0.29, 0.717) is 30.8 Å². The van der Waals surface area contributed by atoms with Crippen molar-refractivity contribution in [3.63, 3.8) is 0 Å². The van der Waals surface area contributed by atoms with Gasteiger partial charge in [0.15, 0.2) is 0 Å². The van der Waals surface area contributed by atoms with E-state index in [1.54, 1.807) is 24.3 Å². The number of nitrogens with one attached hydrogen (secondary N) is 2. The fourth-order valence-corrected chi connectivity index (χ4v) is 1.31. The highest BCUT2D eigenvalue weighted by molar-refractivity contribution is 5.94. The molecule has 0 radical (unpaired) electrons. The van der Waals surface area contributed by atoms with Crippen molar-refractivity contribution in [1.29, 1.82) is 0 Å². The van der Waals surface area contributed by atoms with Crippen molar-refractivity contribution in [3.8, 4) is 5.75 Å². The minimum Gasteiger partial charge on any atom is -0.494 e. The van der Waals surface area contributed by atoms with E-state index in [-0.39, 0.29) is 11.8 Å². The van der Waals surface area contributed by atoms with Gasteiger partial charge in [-0.15, -0.1) is 0 Å². The molecule has 0 aliphatic heterocycles. The summed E-state index contributed by atoms with van der Waals surface area (Å²) in [5, 5.41) is 0. The van der Waals surface area contributed by atoms with Crippen molar-refractivity contribution >= 4 is 11.8 Å². The normalized spacial score (nSPS) is 9.67. The second kappa shape index (κ2) is 7.25. The van der Waals surface area contributed by atoms with Gasteiger partial charge < -0.3 is 4.74 Å². The molecule has 0 aliphatic carbocycles. The first-order valence-corrected chi connectivity index (χ1v) is 5.40. The Kier molecular flexibility index (Phi) is 5.62. The van der Waals surface area contributed by atoms with E-state index in [9.17, 15) is 9.59 Å². The molecule has 0 atom stereocenters. The topological polar surface area (TPSA) is 119 Å². The zero-order valence-corrected chi connectivity index (χ0v) is 9.81. The maximum absolute atomic E-state index is 11.3. The maximum Gasteiger partial charge on any atom is 0.265 e. The summed E-state index contributed by atoms with van der Waals surface area (Å²) < 4.78 is 5.39. The Morgan fingerprint density at radius 3 is 2.67 bits per heavy atom. The predicted molar refractivity (Wildman–Crippen MR) is 65.2 cm³/mol. The molecule has 2 amide bonds. The molecule has 0 saturated heterocycles. The maximum atomic E-state index is 11.3. The molecule has 7 nitrogen and oxygen atoms in total. The first-order valence-electron chi connectivity index (χ1n) is 5.40. The number of rotatable bonds is 6.